The van der Waals surface area contributed by atoms with Crippen LogP contribution in [-0.2, 0) is 24.2 Å². The summed E-state index contributed by atoms with van der Waals surface area (Å²) in [5, 5.41) is 7.47. The largest absolute Gasteiger partial charge is 0.354 e. The molecule has 0 atom stereocenters. The molecule has 1 saturated carbocycles. The Hall–Kier alpha value is -1.65. The zero-order valence-electron chi connectivity index (χ0n) is 15.4. The van der Waals surface area contributed by atoms with Crippen LogP contribution in [-0.4, -0.2) is 22.2 Å². The lowest BCUT2D eigenvalue weighted by Crippen LogP contribution is -2.37. The van der Waals surface area contributed by atoms with Gasteiger partial charge in [-0.15, -0.1) is 0 Å². The van der Waals surface area contributed by atoms with Crippen LogP contribution in [0.5, 0.6) is 0 Å². The molecule has 0 spiro atoms. The Bertz CT molecular complexity index is 645. The van der Waals surface area contributed by atoms with Crippen molar-refractivity contribution in [1.82, 2.24) is 15.1 Å². The number of aromatic nitrogens is 2. The molecule has 25 heavy (non-hydrogen) atoms. The number of amides is 1. The van der Waals surface area contributed by atoms with E-state index in [1.807, 2.05) is 0 Å². The molecular weight excluding hydrogens is 314 g/mol. The fraction of sp³-hybridized carbons (Fsp3) is 0.750. The first kappa shape index (κ1) is 18.2. The van der Waals surface area contributed by atoms with Gasteiger partial charge in [-0.25, -0.2) is 4.68 Å². The number of hydrogen-bond donors (Lipinski definition) is 1. The Morgan fingerprint density at radius 3 is 2.84 bits per heavy atom. The van der Waals surface area contributed by atoms with Gasteiger partial charge in [0, 0.05) is 18.5 Å². The number of rotatable bonds is 7. The number of fused-ring (bicyclic) bond motifs is 1. The number of unbranched alkanes of at least 4 members (excludes halogenated alkanes) is 1. The van der Waals surface area contributed by atoms with E-state index in [1.165, 1.54) is 36.8 Å². The van der Waals surface area contributed by atoms with Crippen molar-refractivity contribution in [3.63, 3.8) is 0 Å². The van der Waals surface area contributed by atoms with Crippen molar-refractivity contribution in [3.8, 4) is 0 Å². The number of nitrogens with one attached hydrogen (secondary N) is 1. The molecule has 2 aliphatic carbocycles. The standard InChI is InChI=1S/C20H31N3O2/c1-2-3-5-15-8-10-16(11-9-15)20(25)21-12-13-23-19(24)14-17-6-4-7-18(17)22-23/h14-16H,2-13H2,1H3,(H,21,25). The van der Waals surface area contributed by atoms with Crippen LogP contribution in [0.4, 0.5) is 0 Å². The van der Waals surface area contributed by atoms with Crippen LogP contribution in [0.25, 0.3) is 0 Å². The van der Waals surface area contributed by atoms with Gasteiger partial charge in [-0.2, -0.15) is 5.10 Å². The maximum atomic E-state index is 12.4. The van der Waals surface area contributed by atoms with E-state index in [4.69, 9.17) is 0 Å². The normalized spacial score (nSPS) is 22.6. The second kappa shape index (κ2) is 8.63. The Morgan fingerprint density at radius 2 is 2.08 bits per heavy atom. The summed E-state index contributed by atoms with van der Waals surface area (Å²) in [5.41, 5.74) is 2.10. The second-order valence-electron chi connectivity index (χ2n) is 7.68. The highest BCUT2D eigenvalue weighted by Gasteiger charge is 2.25. The summed E-state index contributed by atoms with van der Waals surface area (Å²) >= 11 is 0. The lowest BCUT2D eigenvalue weighted by atomic mass is 9.79. The van der Waals surface area contributed by atoms with E-state index in [-0.39, 0.29) is 17.4 Å². The van der Waals surface area contributed by atoms with Gasteiger partial charge in [0.1, 0.15) is 0 Å². The molecule has 2 aliphatic rings. The fourth-order valence-electron chi connectivity index (χ4n) is 4.24. The zero-order chi connectivity index (χ0) is 17.6. The number of carbonyl (C=O) groups is 1. The van der Waals surface area contributed by atoms with Gasteiger partial charge in [-0.3, -0.25) is 9.59 Å². The van der Waals surface area contributed by atoms with Crippen LogP contribution in [0.3, 0.4) is 0 Å². The molecule has 0 radical (unpaired) electrons. The van der Waals surface area contributed by atoms with E-state index < -0.39 is 0 Å². The van der Waals surface area contributed by atoms with Gasteiger partial charge in [0.05, 0.1) is 12.2 Å². The average Bonchev–Trinajstić information content (AvgIpc) is 3.07. The summed E-state index contributed by atoms with van der Waals surface area (Å²) in [6, 6.07) is 1.72. The summed E-state index contributed by atoms with van der Waals surface area (Å²) in [5.74, 6) is 1.13. The molecule has 0 bridgehead atoms. The van der Waals surface area contributed by atoms with E-state index in [0.717, 1.165) is 49.3 Å². The third-order valence-corrected chi connectivity index (χ3v) is 5.83. The van der Waals surface area contributed by atoms with Crippen LogP contribution < -0.4 is 10.9 Å². The minimum atomic E-state index is -0.0497. The van der Waals surface area contributed by atoms with Gasteiger partial charge in [0.15, 0.2) is 0 Å². The topological polar surface area (TPSA) is 64.0 Å². The molecule has 0 aromatic carbocycles. The molecule has 1 fully saturated rings. The summed E-state index contributed by atoms with van der Waals surface area (Å²) in [7, 11) is 0. The Morgan fingerprint density at radius 1 is 1.28 bits per heavy atom. The minimum absolute atomic E-state index is 0.0497. The van der Waals surface area contributed by atoms with Crippen LogP contribution >= 0.6 is 0 Å². The fourth-order valence-corrected chi connectivity index (χ4v) is 4.24. The van der Waals surface area contributed by atoms with Crippen molar-refractivity contribution in [3.05, 3.63) is 27.7 Å². The number of aryl methyl sites for hydroxylation is 2. The van der Waals surface area contributed by atoms with Crippen LogP contribution in [0.1, 0.15) is 69.5 Å². The molecule has 1 heterocycles. The lowest BCUT2D eigenvalue weighted by molar-refractivity contribution is -0.126. The van der Waals surface area contributed by atoms with Crippen molar-refractivity contribution in [2.45, 2.75) is 77.7 Å². The maximum Gasteiger partial charge on any atom is 0.267 e. The maximum absolute atomic E-state index is 12.4. The van der Waals surface area contributed by atoms with Gasteiger partial charge >= 0.3 is 0 Å². The van der Waals surface area contributed by atoms with Crippen molar-refractivity contribution in [1.29, 1.82) is 0 Å². The molecule has 1 N–H and O–H groups in total. The molecule has 1 aromatic rings. The van der Waals surface area contributed by atoms with Crippen LogP contribution in [0.2, 0.25) is 0 Å². The molecule has 0 saturated heterocycles. The van der Waals surface area contributed by atoms with Gasteiger partial charge in [-0.1, -0.05) is 26.2 Å². The minimum Gasteiger partial charge on any atom is -0.354 e. The molecule has 138 valence electrons. The van der Waals surface area contributed by atoms with Gasteiger partial charge < -0.3 is 5.32 Å². The monoisotopic (exact) mass is 345 g/mol. The predicted octanol–water partition coefficient (Wildman–Crippen LogP) is 2.84. The Labute approximate surface area is 150 Å². The number of carbonyl (C=O) groups excluding carboxylic acids is 1. The molecule has 5 nitrogen and oxygen atoms in total. The third kappa shape index (κ3) is 4.71. The average molecular weight is 345 g/mol. The van der Waals surface area contributed by atoms with E-state index in [9.17, 15) is 9.59 Å². The Balaban J connectivity index is 1.42. The summed E-state index contributed by atoms with van der Waals surface area (Å²) in [6.45, 7) is 3.18. The summed E-state index contributed by atoms with van der Waals surface area (Å²) in [4.78, 5) is 24.4. The molecule has 1 amide bonds. The summed E-state index contributed by atoms with van der Waals surface area (Å²) in [6.07, 6.45) is 11.3. The van der Waals surface area contributed by atoms with Gasteiger partial charge in [0.2, 0.25) is 5.91 Å². The first-order valence-corrected chi connectivity index (χ1v) is 10.0. The lowest BCUT2D eigenvalue weighted by Gasteiger charge is -2.27. The molecule has 1 aromatic heterocycles. The Kier molecular flexibility index (Phi) is 6.27. The van der Waals surface area contributed by atoms with E-state index in [0.29, 0.717) is 13.1 Å². The summed E-state index contributed by atoms with van der Waals surface area (Å²) < 4.78 is 1.51. The number of hydrogen-bond acceptors (Lipinski definition) is 3. The SMILES string of the molecule is CCCCC1CCC(C(=O)NCCn2nc3c(cc2=O)CCC3)CC1. The predicted molar refractivity (Wildman–Crippen MR) is 98.5 cm³/mol. The van der Waals surface area contributed by atoms with Gasteiger partial charge in [-0.05, 0) is 56.4 Å². The highest BCUT2D eigenvalue weighted by atomic mass is 16.2. The zero-order valence-corrected chi connectivity index (χ0v) is 15.4. The quantitative estimate of drug-likeness (QED) is 0.826. The van der Waals surface area contributed by atoms with E-state index >= 15 is 0 Å². The van der Waals surface area contributed by atoms with Crippen molar-refractivity contribution < 1.29 is 4.79 Å². The molecular formula is C20H31N3O2. The molecule has 0 unspecified atom stereocenters. The highest BCUT2D eigenvalue weighted by molar-refractivity contribution is 5.78. The second-order valence-corrected chi connectivity index (χ2v) is 7.68. The van der Waals surface area contributed by atoms with Crippen LogP contribution in [0.15, 0.2) is 10.9 Å². The highest BCUT2D eigenvalue weighted by Crippen LogP contribution is 2.31. The van der Waals surface area contributed by atoms with E-state index in [1.54, 1.807) is 6.07 Å². The third-order valence-electron chi connectivity index (χ3n) is 5.83. The van der Waals surface area contributed by atoms with Crippen molar-refractivity contribution in [2.75, 3.05) is 6.54 Å². The van der Waals surface area contributed by atoms with Gasteiger partial charge in [0.25, 0.3) is 5.56 Å². The molecule has 0 aliphatic heterocycles. The molecule has 3 rings (SSSR count). The number of nitrogens with zero attached hydrogens (tertiary/aromatic N) is 2. The van der Waals surface area contributed by atoms with E-state index in [2.05, 4.69) is 17.3 Å². The smallest absolute Gasteiger partial charge is 0.267 e. The first-order valence-electron chi connectivity index (χ1n) is 10.0. The van der Waals surface area contributed by atoms with Crippen molar-refractivity contribution >= 4 is 5.91 Å². The van der Waals surface area contributed by atoms with Crippen molar-refractivity contribution in [2.24, 2.45) is 11.8 Å². The van der Waals surface area contributed by atoms with Crippen LogP contribution in [0, 0.1) is 11.8 Å². The molecule has 5 heteroatoms. The first-order chi connectivity index (χ1) is 12.2.